The van der Waals surface area contributed by atoms with Crippen molar-refractivity contribution in [2.45, 2.75) is 46.0 Å². The summed E-state index contributed by atoms with van der Waals surface area (Å²) in [6, 6.07) is 7.66. The summed E-state index contributed by atoms with van der Waals surface area (Å²) in [5, 5.41) is 0. The molecule has 2 heteroatoms. The van der Waals surface area contributed by atoms with Crippen molar-refractivity contribution in [3.63, 3.8) is 0 Å². The van der Waals surface area contributed by atoms with E-state index in [1.807, 2.05) is 31.2 Å². The van der Waals surface area contributed by atoms with E-state index in [-0.39, 0.29) is 5.97 Å². The molecule has 0 saturated carbocycles. The van der Waals surface area contributed by atoms with Crippen molar-refractivity contribution in [2.75, 3.05) is 6.61 Å². The molecule has 0 aliphatic carbocycles. The van der Waals surface area contributed by atoms with Crippen molar-refractivity contribution in [3.05, 3.63) is 47.5 Å². The second-order valence-corrected chi connectivity index (χ2v) is 4.55. The average Bonchev–Trinajstić information content (AvgIpc) is 2.43. The van der Waals surface area contributed by atoms with Crippen molar-refractivity contribution in [1.29, 1.82) is 0 Å². The van der Waals surface area contributed by atoms with Crippen LogP contribution in [0.15, 0.2) is 36.4 Å². The molecule has 104 valence electrons. The minimum absolute atomic E-state index is 0.225. The van der Waals surface area contributed by atoms with Gasteiger partial charge in [-0.1, -0.05) is 50.1 Å². The second-order valence-electron chi connectivity index (χ2n) is 4.55. The average molecular weight is 260 g/mol. The normalized spacial score (nSPS) is 10.8. The van der Waals surface area contributed by atoms with E-state index >= 15 is 0 Å². The Morgan fingerprint density at radius 3 is 2.68 bits per heavy atom. The Morgan fingerprint density at radius 2 is 1.95 bits per heavy atom. The molecule has 0 saturated heterocycles. The largest absolute Gasteiger partial charge is 0.462 e. The molecule has 1 aromatic rings. The predicted molar refractivity (Wildman–Crippen MR) is 79.4 cm³/mol. The third-order valence-corrected chi connectivity index (χ3v) is 2.99. The van der Waals surface area contributed by atoms with E-state index in [2.05, 4.69) is 19.1 Å². The Balaban J connectivity index is 2.55. The van der Waals surface area contributed by atoms with E-state index in [9.17, 15) is 4.79 Å². The lowest BCUT2D eigenvalue weighted by Gasteiger charge is -2.06. The number of hydrogen-bond donors (Lipinski definition) is 0. The Hall–Kier alpha value is -1.57. The number of esters is 1. The molecule has 0 aliphatic rings. The van der Waals surface area contributed by atoms with Crippen molar-refractivity contribution in [1.82, 2.24) is 0 Å². The summed E-state index contributed by atoms with van der Waals surface area (Å²) in [6.07, 6.45) is 10.0. The maximum atomic E-state index is 11.8. The fourth-order valence-corrected chi connectivity index (χ4v) is 1.95. The Morgan fingerprint density at radius 1 is 1.16 bits per heavy atom. The van der Waals surface area contributed by atoms with Gasteiger partial charge < -0.3 is 4.74 Å². The molecule has 1 aromatic carbocycles. The summed E-state index contributed by atoms with van der Waals surface area (Å²) in [5.41, 5.74) is 1.72. The quantitative estimate of drug-likeness (QED) is 0.389. The van der Waals surface area contributed by atoms with Gasteiger partial charge in [-0.05, 0) is 37.8 Å². The number of hydrogen-bond acceptors (Lipinski definition) is 2. The molecule has 0 radical (unpaired) electrons. The molecule has 0 fully saturated rings. The van der Waals surface area contributed by atoms with Gasteiger partial charge in [0.05, 0.1) is 12.2 Å². The first-order chi connectivity index (χ1) is 9.29. The van der Waals surface area contributed by atoms with Crippen molar-refractivity contribution in [2.24, 2.45) is 0 Å². The molecule has 1 rings (SSSR count). The molecule has 0 N–H and O–H groups in total. The van der Waals surface area contributed by atoms with Crippen LogP contribution in [0.4, 0.5) is 0 Å². The first-order valence-electron chi connectivity index (χ1n) is 7.19. The van der Waals surface area contributed by atoms with Crippen molar-refractivity contribution in [3.8, 4) is 0 Å². The molecule has 19 heavy (non-hydrogen) atoms. The van der Waals surface area contributed by atoms with Crippen LogP contribution in [0.3, 0.4) is 0 Å². The number of carbonyl (C=O) groups excluding carboxylic acids is 1. The first-order valence-corrected chi connectivity index (χ1v) is 7.19. The molecule has 0 bridgehead atoms. The van der Waals surface area contributed by atoms with E-state index in [0.29, 0.717) is 12.2 Å². The summed E-state index contributed by atoms with van der Waals surface area (Å²) in [5.74, 6) is -0.225. The molecule has 0 amide bonds. The van der Waals surface area contributed by atoms with E-state index in [1.54, 1.807) is 0 Å². The van der Waals surface area contributed by atoms with Gasteiger partial charge in [0.1, 0.15) is 0 Å². The summed E-state index contributed by atoms with van der Waals surface area (Å²) in [4.78, 5) is 11.8. The van der Waals surface area contributed by atoms with Crippen LogP contribution in [0.2, 0.25) is 0 Å². The summed E-state index contributed by atoms with van der Waals surface area (Å²) >= 11 is 0. The Bertz CT molecular complexity index is 407. The van der Waals surface area contributed by atoms with Gasteiger partial charge >= 0.3 is 5.97 Å². The Labute approximate surface area is 116 Å². The van der Waals surface area contributed by atoms with Gasteiger partial charge in [0.25, 0.3) is 0 Å². The fourth-order valence-electron chi connectivity index (χ4n) is 1.95. The highest BCUT2D eigenvalue weighted by atomic mass is 16.5. The number of rotatable bonds is 8. The van der Waals surface area contributed by atoms with Gasteiger partial charge in [-0.15, -0.1) is 0 Å². The lowest BCUT2D eigenvalue weighted by Crippen LogP contribution is -2.07. The van der Waals surface area contributed by atoms with Crippen molar-refractivity contribution >= 4 is 5.97 Å². The van der Waals surface area contributed by atoms with Crippen LogP contribution < -0.4 is 0 Å². The third kappa shape index (κ3) is 5.73. The zero-order chi connectivity index (χ0) is 13.9. The molecular weight excluding hydrogens is 236 g/mol. The summed E-state index contributed by atoms with van der Waals surface area (Å²) in [7, 11) is 0. The standard InChI is InChI=1S/C17H24O2/c1-3-5-6-7-8-9-12-15-13-10-11-14-16(15)17(18)19-4-2/h8-11,13-14H,3-7,12H2,1-2H3/b9-8-. The van der Waals surface area contributed by atoms with Gasteiger partial charge in [-0.2, -0.15) is 0 Å². The van der Waals surface area contributed by atoms with Gasteiger partial charge in [0, 0.05) is 0 Å². The zero-order valence-electron chi connectivity index (χ0n) is 12.0. The minimum atomic E-state index is -0.225. The molecule has 0 aliphatic heterocycles. The molecule has 2 nitrogen and oxygen atoms in total. The molecule has 0 aromatic heterocycles. The highest BCUT2D eigenvalue weighted by Crippen LogP contribution is 2.12. The van der Waals surface area contributed by atoms with Gasteiger partial charge in [0.15, 0.2) is 0 Å². The lowest BCUT2D eigenvalue weighted by atomic mass is 10.0. The predicted octanol–water partition coefficient (Wildman–Crippen LogP) is 4.54. The van der Waals surface area contributed by atoms with Crippen LogP contribution in [-0.2, 0) is 11.2 Å². The smallest absolute Gasteiger partial charge is 0.338 e. The van der Waals surface area contributed by atoms with Crippen LogP contribution in [-0.4, -0.2) is 12.6 Å². The first kappa shape index (κ1) is 15.5. The lowest BCUT2D eigenvalue weighted by molar-refractivity contribution is 0.0525. The molecule has 0 spiro atoms. The van der Waals surface area contributed by atoms with Gasteiger partial charge in [0.2, 0.25) is 0 Å². The molecule has 0 unspecified atom stereocenters. The van der Waals surface area contributed by atoms with E-state index < -0.39 is 0 Å². The van der Waals surface area contributed by atoms with Crippen LogP contribution >= 0.6 is 0 Å². The monoisotopic (exact) mass is 260 g/mol. The number of allylic oxidation sites excluding steroid dienone is 2. The van der Waals surface area contributed by atoms with E-state index in [4.69, 9.17) is 4.74 Å². The summed E-state index contributed by atoms with van der Waals surface area (Å²) in [6.45, 7) is 4.45. The number of ether oxygens (including phenoxy) is 1. The zero-order valence-corrected chi connectivity index (χ0v) is 12.0. The highest BCUT2D eigenvalue weighted by molar-refractivity contribution is 5.91. The van der Waals surface area contributed by atoms with Crippen LogP contribution in [0.25, 0.3) is 0 Å². The maximum Gasteiger partial charge on any atom is 0.338 e. The van der Waals surface area contributed by atoms with Gasteiger partial charge in [-0.3, -0.25) is 0 Å². The highest BCUT2D eigenvalue weighted by Gasteiger charge is 2.10. The minimum Gasteiger partial charge on any atom is -0.462 e. The van der Waals surface area contributed by atoms with Crippen LogP contribution in [0.1, 0.15) is 55.5 Å². The molecule has 0 heterocycles. The number of carbonyl (C=O) groups is 1. The van der Waals surface area contributed by atoms with Crippen LogP contribution in [0.5, 0.6) is 0 Å². The molecule has 0 atom stereocenters. The fraction of sp³-hybridized carbons (Fsp3) is 0.471. The number of unbranched alkanes of at least 4 members (excludes halogenated alkanes) is 3. The van der Waals surface area contributed by atoms with Crippen molar-refractivity contribution < 1.29 is 9.53 Å². The number of benzene rings is 1. The maximum absolute atomic E-state index is 11.8. The molecular formula is C17H24O2. The van der Waals surface area contributed by atoms with E-state index in [1.165, 1.54) is 19.3 Å². The SMILES string of the molecule is CCCCC/C=C\Cc1ccccc1C(=O)OCC. The summed E-state index contributed by atoms with van der Waals surface area (Å²) < 4.78 is 5.06. The Kier molecular flexibility index (Phi) is 7.64. The van der Waals surface area contributed by atoms with E-state index in [0.717, 1.165) is 18.4 Å². The topological polar surface area (TPSA) is 26.3 Å². The second kappa shape index (κ2) is 9.37. The van der Waals surface area contributed by atoms with Gasteiger partial charge in [-0.25, -0.2) is 4.79 Å². The van der Waals surface area contributed by atoms with Crippen LogP contribution in [0, 0.1) is 0 Å². The third-order valence-electron chi connectivity index (χ3n) is 2.99.